The van der Waals surface area contributed by atoms with Crippen LogP contribution in [0.3, 0.4) is 0 Å². The van der Waals surface area contributed by atoms with Crippen molar-refractivity contribution in [1.29, 1.82) is 0 Å². The Kier molecular flexibility index (Phi) is 11.0. The Hall–Kier alpha value is -5.34. The van der Waals surface area contributed by atoms with Crippen LogP contribution >= 0.6 is 0 Å². The Morgan fingerprint density at radius 1 is 0.793 bits per heavy atom. The van der Waals surface area contributed by atoms with E-state index in [2.05, 4.69) is 15.1 Å². The first-order chi connectivity index (χ1) is 28.0. The van der Waals surface area contributed by atoms with Crippen molar-refractivity contribution < 1.29 is 33.4 Å². The summed E-state index contributed by atoms with van der Waals surface area (Å²) in [6, 6.07) is 6.72. The third-order valence-corrected chi connectivity index (χ3v) is 12.9. The molecule has 1 atom stereocenters. The Bertz CT molecular complexity index is 2190. The fourth-order valence-electron chi connectivity index (χ4n) is 9.74. The maximum Gasteiger partial charge on any atom is 0.317 e. The minimum Gasteiger partial charge on any atom is -0.496 e. The number of ether oxygens (including phenoxy) is 2. The van der Waals surface area contributed by atoms with Gasteiger partial charge in [0.15, 0.2) is 5.78 Å². The molecule has 0 radical (unpaired) electrons. The molecule has 5 aliphatic rings. The Labute approximate surface area is 338 Å². The van der Waals surface area contributed by atoms with Gasteiger partial charge in [0.05, 0.1) is 49.9 Å². The van der Waals surface area contributed by atoms with Gasteiger partial charge in [-0.1, -0.05) is 0 Å². The van der Waals surface area contributed by atoms with E-state index in [9.17, 15) is 28.8 Å². The van der Waals surface area contributed by atoms with Crippen molar-refractivity contribution in [2.75, 3.05) is 47.4 Å². The van der Waals surface area contributed by atoms with Crippen LogP contribution in [-0.4, -0.2) is 107 Å². The SMILES string of the molecule is CNC(=O)N1CCc2c(-c3cc(OC)c(CN4CCC(CCCN5Cc6cc7c(cc6C5)C(=O)N(C5CCC(=O)CC5=O)C7=O)CC4)c(OC)c3)cn(C)c(=O)c2C1. The molecule has 1 saturated heterocycles. The van der Waals surface area contributed by atoms with Gasteiger partial charge in [0.2, 0.25) is 0 Å². The van der Waals surface area contributed by atoms with Gasteiger partial charge in [-0.25, -0.2) is 4.79 Å². The number of carbonyl (C=O) groups is 5. The van der Waals surface area contributed by atoms with Crippen LogP contribution < -0.4 is 20.3 Å². The number of piperidine rings is 1. The van der Waals surface area contributed by atoms with Gasteiger partial charge < -0.3 is 24.3 Å². The molecule has 14 nitrogen and oxygen atoms in total. The second-order valence-electron chi connectivity index (χ2n) is 16.5. The number of hydrogen-bond acceptors (Lipinski definition) is 10. The number of rotatable bonds is 10. The monoisotopic (exact) mass is 792 g/mol. The first kappa shape index (κ1) is 39.5. The average molecular weight is 793 g/mol. The topological polar surface area (TPSA) is 151 Å². The normalized spacial score (nSPS) is 20.0. The predicted molar refractivity (Wildman–Crippen MR) is 215 cm³/mol. The molecule has 0 bridgehead atoms. The molecule has 3 aromatic rings. The molecule has 8 rings (SSSR count). The molecule has 1 aliphatic carbocycles. The van der Waals surface area contributed by atoms with Gasteiger partial charge in [-0.15, -0.1) is 0 Å². The van der Waals surface area contributed by atoms with Crippen molar-refractivity contribution in [3.8, 4) is 22.6 Å². The molecule has 4 amide bonds. The average Bonchev–Trinajstić information content (AvgIpc) is 3.74. The lowest BCUT2D eigenvalue weighted by atomic mass is 9.91. The summed E-state index contributed by atoms with van der Waals surface area (Å²) in [5.41, 5.74) is 7.17. The van der Waals surface area contributed by atoms with Crippen molar-refractivity contribution in [1.82, 2.24) is 29.5 Å². The van der Waals surface area contributed by atoms with Crippen molar-refractivity contribution in [3.63, 3.8) is 0 Å². The van der Waals surface area contributed by atoms with Crippen molar-refractivity contribution in [2.24, 2.45) is 13.0 Å². The molecule has 0 spiro atoms. The molecule has 5 heterocycles. The molecule has 1 unspecified atom stereocenters. The van der Waals surface area contributed by atoms with E-state index in [0.29, 0.717) is 42.1 Å². The van der Waals surface area contributed by atoms with Crippen LogP contribution in [0.25, 0.3) is 11.1 Å². The lowest BCUT2D eigenvalue weighted by Crippen LogP contribution is -2.47. The lowest BCUT2D eigenvalue weighted by molar-refractivity contribution is -0.132. The molecule has 2 aromatic carbocycles. The van der Waals surface area contributed by atoms with E-state index in [0.717, 1.165) is 108 Å². The molecule has 1 aromatic heterocycles. The number of aryl methyl sites for hydroxylation is 1. The number of carbonyl (C=O) groups excluding carboxylic acids is 5. The van der Waals surface area contributed by atoms with Gasteiger partial charge in [-0.3, -0.25) is 38.7 Å². The number of pyridine rings is 1. The summed E-state index contributed by atoms with van der Waals surface area (Å²) in [6.07, 6.45) is 7.05. The fraction of sp³-hybridized carbons (Fsp3) is 0.500. The van der Waals surface area contributed by atoms with Crippen LogP contribution in [0.2, 0.25) is 0 Å². The number of methoxy groups -OCH3 is 2. The van der Waals surface area contributed by atoms with Crippen molar-refractivity contribution in [3.05, 3.63) is 79.8 Å². The summed E-state index contributed by atoms with van der Waals surface area (Å²) in [5, 5.41) is 2.67. The van der Waals surface area contributed by atoms with E-state index >= 15 is 0 Å². The number of nitrogens with one attached hydrogen (secondary N) is 1. The number of imide groups is 1. The Balaban J connectivity index is 0.852. The number of ketones is 2. The number of urea groups is 1. The number of fused-ring (bicyclic) bond motifs is 3. The molecule has 2 fully saturated rings. The molecule has 4 aliphatic heterocycles. The number of hydrogen-bond donors (Lipinski definition) is 1. The molecule has 1 N–H and O–H groups in total. The minimum absolute atomic E-state index is 0.0994. The first-order valence-electron chi connectivity index (χ1n) is 20.4. The summed E-state index contributed by atoms with van der Waals surface area (Å²) >= 11 is 0. The van der Waals surface area contributed by atoms with Gasteiger partial charge >= 0.3 is 6.03 Å². The molecular formula is C44H52N6O8. The largest absolute Gasteiger partial charge is 0.496 e. The van der Waals surface area contributed by atoms with E-state index in [4.69, 9.17) is 9.47 Å². The van der Waals surface area contributed by atoms with Crippen LogP contribution in [0.1, 0.15) is 93.5 Å². The number of Topliss-reactive ketones (excluding diaryl/α,β-unsaturated/α-hetero) is 2. The molecule has 58 heavy (non-hydrogen) atoms. The highest BCUT2D eigenvalue weighted by Crippen LogP contribution is 2.39. The zero-order chi connectivity index (χ0) is 40.8. The van der Waals surface area contributed by atoms with E-state index in [1.165, 1.54) is 0 Å². The van der Waals surface area contributed by atoms with E-state index in [-0.39, 0.29) is 49.0 Å². The molecular weight excluding hydrogens is 741 g/mol. The second kappa shape index (κ2) is 16.1. The van der Waals surface area contributed by atoms with Gasteiger partial charge in [-0.2, -0.15) is 0 Å². The summed E-state index contributed by atoms with van der Waals surface area (Å²) in [7, 11) is 6.69. The summed E-state index contributed by atoms with van der Waals surface area (Å²) in [6.45, 7) is 5.80. The summed E-state index contributed by atoms with van der Waals surface area (Å²) in [4.78, 5) is 84.1. The number of aromatic nitrogens is 1. The number of benzene rings is 2. The van der Waals surface area contributed by atoms with Crippen LogP contribution in [0.4, 0.5) is 4.79 Å². The zero-order valence-corrected chi connectivity index (χ0v) is 33.9. The van der Waals surface area contributed by atoms with Crippen LogP contribution in [0.15, 0.2) is 35.3 Å². The van der Waals surface area contributed by atoms with Crippen LogP contribution in [0.5, 0.6) is 11.5 Å². The maximum atomic E-state index is 13.3. The first-order valence-corrected chi connectivity index (χ1v) is 20.4. The van der Waals surface area contributed by atoms with Gasteiger partial charge in [0.25, 0.3) is 17.4 Å². The standard InChI is InChI=1S/C44H52N6O8/c1-45-44(56)49-15-11-31-34(23-46(2)41(53)35(31)25-49)27-18-39(57-3)36(40(19-27)58-4)24-47-13-9-26(10-14-47)6-5-12-48-21-28-16-32-33(17-29(28)22-48)43(55)50(42(32)54)37-8-7-30(51)20-38(37)52/h16-19,23,26,37H,5-15,20-22,24-25H2,1-4H3,(H,45,56). The third-order valence-electron chi connectivity index (χ3n) is 12.9. The van der Waals surface area contributed by atoms with E-state index in [1.807, 2.05) is 30.5 Å². The summed E-state index contributed by atoms with van der Waals surface area (Å²) in [5.74, 6) is 0.771. The quantitative estimate of drug-likeness (QED) is 0.235. The fourth-order valence-corrected chi connectivity index (χ4v) is 9.74. The van der Waals surface area contributed by atoms with Crippen molar-refractivity contribution >= 4 is 29.4 Å². The van der Waals surface area contributed by atoms with Crippen LogP contribution in [-0.2, 0) is 49.2 Å². The minimum atomic E-state index is -0.849. The van der Waals surface area contributed by atoms with Gasteiger partial charge in [0, 0.05) is 64.0 Å². The van der Waals surface area contributed by atoms with Crippen molar-refractivity contribution in [2.45, 2.75) is 83.6 Å². The van der Waals surface area contributed by atoms with E-state index < -0.39 is 17.9 Å². The summed E-state index contributed by atoms with van der Waals surface area (Å²) < 4.78 is 13.5. The highest BCUT2D eigenvalue weighted by Gasteiger charge is 2.45. The third kappa shape index (κ3) is 7.32. The van der Waals surface area contributed by atoms with Gasteiger partial charge in [-0.05, 0) is 111 Å². The number of likely N-dealkylation sites (tertiary alicyclic amines) is 1. The maximum absolute atomic E-state index is 13.3. The molecule has 14 heteroatoms. The lowest BCUT2D eigenvalue weighted by Gasteiger charge is -2.33. The van der Waals surface area contributed by atoms with E-state index in [1.54, 1.807) is 37.8 Å². The number of nitrogens with zero attached hydrogens (tertiary/aromatic N) is 5. The van der Waals surface area contributed by atoms with Crippen LogP contribution in [0, 0.1) is 5.92 Å². The molecule has 1 saturated carbocycles. The predicted octanol–water partition coefficient (Wildman–Crippen LogP) is 4.06. The Morgan fingerprint density at radius 3 is 2.05 bits per heavy atom. The highest BCUT2D eigenvalue weighted by atomic mass is 16.5. The highest BCUT2D eigenvalue weighted by molar-refractivity contribution is 6.24. The molecule has 306 valence electrons. The zero-order valence-electron chi connectivity index (χ0n) is 33.9. The van der Waals surface area contributed by atoms with Gasteiger partial charge in [0.1, 0.15) is 17.3 Å². The second-order valence-corrected chi connectivity index (χ2v) is 16.5. The smallest absolute Gasteiger partial charge is 0.317 e. The number of amides is 4. The Morgan fingerprint density at radius 2 is 1.45 bits per heavy atom.